The number of fused-ring (bicyclic) bond motifs is 1. The van der Waals surface area contributed by atoms with Crippen LogP contribution in [0.4, 0.5) is 0 Å². The molecule has 2 aliphatic rings. The van der Waals surface area contributed by atoms with E-state index in [-0.39, 0.29) is 0 Å². The van der Waals surface area contributed by atoms with E-state index >= 15 is 0 Å². The van der Waals surface area contributed by atoms with E-state index in [0.29, 0.717) is 5.25 Å². The van der Waals surface area contributed by atoms with Crippen LogP contribution >= 0.6 is 27.7 Å². The summed E-state index contributed by atoms with van der Waals surface area (Å²) in [5, 5.41) is 2.77. The molecule has 0 bridgehead atoms. The normalized spacial score (nSPS) is 29.4. The van der Waals surface area contributed by atoms with Crippen molar-refractivity contribution in [3.8, 4) is 0 Å². The second-order valence-corrected chi connectivity index (χ2v) is 4.40. The van der Waals surface area contributed by atoms with Crippen molar-refractivity contribution in [1.82, 2.24) is 0 Å². The van der Waals surface area contributed by atoms with Gasteiger partial charge < -0.3 is 0 Å². The summed E-state index contributed by atoms with van der Waals surface area (Å²) in [6.07, 6.45) is 4.54. The monoisotopic (exact) mass is 214 g/mol. The first-order valence-corrected chi connectivity index (χ1v) is 4.92. The first-order valence-electron chi connectivity index (χ1n) is 3.19. The van der Waals surface area contributed by atoms with E-state index in [1.165, 1.54) is 15.6 Å². The van der Waals surface area contributed by atoms with E-state index in [4.69, 9.17) is 0 Å². The summed E-state index contributed by atoms with van der Waals surface area (Å²) in [5.41, 5.74) is 2.82. The van der Waals surface area contributed by atoms with Gasteiger partial charge in [-0.3, -0.25) is 0 Å². The molecule has 0 amide bonds. The maximum absolute atomic E-state index is 3.51. The van der Waals surface area contributed by atoms with E-state index in [9.17, 15) is 0 Å². The zero-order chi connectivity index (χ0) is 7.14. The highest BCUT2D eigenvalue weighted by atomic mass is 79.9. The Kier molecular flexibility index (Phi) is 1.53. The van der Waals surface area contributed by atoms with Crippen LogP contribution in [0.3, 0.4) is 0 Å². The Balaban J connectivity index is 2.38. The fraction of sp³-hybridized carbons (Fsp3) is 0.250. The first kappa shape index (κ1) is 6.74. The molecule has 1 aliphatic heterocycles. The molecule has 0 aromatic carbocycles. The Bertz CT molecular complexity index is 260. The van der Waals surface area contributed by atoms with E-state index < -0.39 is 0 Å². The average Bonchev–Trinajstić information content (AvgIpc) is 2.35. The quantitative estimate of drug-likeness (QED) is 0.597. The molecule has 0 saturated heterocycles. The average molecular weight is 215 g/mol. The number of halogens is 1. The fourth-order valence-electron chi connectivity index (χ4n) is 1.22. The topological polar surface area (TPSA) is 0 Å². The summed E-state index contributed by atoms with van der Waals surface area (Å²) < 4.78 is 1.26. The van der Waals surface area contributed by atoms with Crippen LogP contribution in [-0.4, -0.2) is 5.25 Å². The summed E-state index contributed by atoms with van der Waals surface area (Å²) in [7, 11) is 0. The Morgan fingerprint density at radius 1 is 1.60 bits per heavy atom. The summed E-state index contributed by atoms with van der Waals surface area (Å²) in [6, 6.07) is 0. The van der Waals surface area contributed by atoms with Gasteiger partial charge in [-0.2, -0.15) is 0 Å². The van der Waals surface area contributed by atoms with Gasteiger partial charge in [-0.05, 0) is 33.8 Å². The molecular formula is C8H7BrS. The zero-order valence-corrected chi connectivity index (χ0v) is 8.00. The highest BCUT2D eigenvalue weighted by Crippen LogP contribution is 2.43. The van der Waals surface area contributed by atoms with Gasteiger partial charge in [0.05, 0.1) is 5.25 Å². The number of hydrogen-bond donors (Lipinski definition) is 0. The van der Waals surface area contributed by atoms with E-state index in [1.54, 1.807) is 0 Å². The molecule has 0 fully saturated rings. The molecule has 52 valence electrons. The predicted octanol–water partition coefficient (Wildman–Crippen LogP) is 3.22. The molecule has 0 saturated carbocycles. The molecule has 0 nitrogen and oxygen atoms in total. The molecule has 0 radical (unpaired) electrons. The number of rotatable bonds is 0. The molecule has 1 aliphatic carbocycles. The number of thioether (sulfide) groups is 1. The molecule has 1 atom stereocenters. The largest absolute Gasteiger partial charge is 0.120 e. The summed E-state index contributed by atoms with van der Waals surface area (Å²) >= 11 is 5.38. The number of hydrogen-bond acceptors (Lipinski definition) is 1. The highest BCUT2D eigenvalue weighted by molar-refractivity contribution is 9.12. The summed E-state index contributed by atoms with van der Waals surface area (Å²) in [4.78, 5) is 0. The van der Waals surface area contributed by atoms with E-state index in [2.05, 4.69) is 40.4 Å². The van der Waals surface area contributed by atoms with Crippen LogP contribution in [0.5, 0.6) is 0 Å². The fourth-order valence-corrected chi connectivity index (χ4v) is 3.10. The summed E-state index contributed by atoms with van der Waals surface area (Å²) in [5.74, 6) is 0. The molecule has 10 heavy (non-hydrogen) atoms. The van der Waals surface area contributed by atoms with Crippen molar-refractivity contribution in [2.45, 2.75) is 12.2 Å². The Hall–Kier alpha value is 0.0500. The predicted molar refractivity (Wildman–Crippen MR) is 50.2 cm³/mol. The van der Waals surface area contributed by atoms with Gasteiger partial charge >= 0.3 is 0 Å². The Labute approximate surface area is 73.2 Å². The molecule has 2 heteroatoms. The van der Waals surface area contributed by atoms with Crippen LogP contribution in [0.25, 0.3) is 0 Å². The van der Waals surface area contributed by atoms with Crippen molar-refractivity contribution >= 4 is 27.7 Å². The lowest BCUT2D eigenvalue weighted by atomic mass is 10.2. The molecule has 2 rings (SSSR count). The SMILES string of the molecule is CC1=CC2SC=C(Br)C2=C1. The minimum absolute atomic E-state index is 0.606. The molecule has 0 spiro atoms. The molecule has 0 aromatic rings. The lowest BCUT2D eigenvalue weighted by Crippen LogP contribution is -1.90. The third-order valence-electron chi connectivity index (χ3n) is 1.70. The number of allylic oxidation sites excluding steroid dienone is 3. The minimum atomic E-state index is 0.606. The van der Waals surface area contributed by atoms with Crippen LogP contribution in [0.15, 0.2) is 33.2 Å². The van der Waals surface area contributed by atoms with E-state index in [1.807, 2.05) is 11.8 Å². The van der Waals surface area contributed by atoms with Gasteiger partial charge in [0.1, 0.15) is 0 Å². The van der Waals surface area contributed by atoms with Gasteiger partial charge in [0.25, 0.3) is 0 Å². The van der Waals surface area contributed by atoms with Crippen LogP contribution in [0.2, 0.25) is 0 Å². The second-order valence-electron chi connectivity index (χ2n) is 2.53. The van der Waals surface area contributed by atoms with E-state index in [0.717, 1.165) is 0 Å². The lowest BCUT2D eigenvalue weighted by molar-refractivity contribution is 1.37. The molecular weight excluding hydrogens is 208 g/mol. The lowest BCUT2D eigenvalue weighted by Gasteiger charge is -1.98. The van der Waals surface area contributed by atoms with Crippen LogP contribution in [-0.2, 0) is 0 Å². The van der Waals surface area contributed by atoms with Crippen LogP contribution in [0.1, 0.15) is 6.92 Å². The van der Waals surface area contributed by atoms with Crippen molar-refractivity contribution in [2.75, 3.05) is 0 Å². The van der Waals surface area contributed by atoms with Gasteiger partial charge in [-0.15, -0.1) is 11.8 Å². The van der Waals surface area contributed by atoms with Crippen molar-refractivity contribution in [2.24, 2.45) is 0 Å². The molecule has 0 aromatic heterocycles. The van der Waals surface area contributed by atoms with Gasteiger partial charge in [0.2, 0.25) is 0 Å². The minimum Gasteiger partial charge on any atom is -0.120 e. The second kappa shape index (κ2) is 2.28. The van der Waals surface area contributed by atoms with Crippen molar-refractivity contribution in [3.63, 3.8) is 0 Å². The van der Waals surface area contributed by atoms with Crippen molar-refractivity contribution < 1.29 is 0 Å². The van der Waals surface area contributed by atoms with Gasteiger partial charge in [0, 0.05) is 4.48 Å². The van der Waals surface area contributed by atoms with Gasteiger partial charge in [0.15, 0.2) is 0 Å². The Morgan fingerprint density at radius 2 is 2.40 bits per heavy atom. The third kappa shape index (κ3) is 0.903. The van der Waals surface area contributed by atoms with Crippen LogP contribution < -0.4 is 0 Å². The molecule has 1 heterocycles. The highest BCUT2D eigenvalue weighted by Gasteiger charge is 2.23. The zero-order valence-electron chi connectivity index (χ0n) is 5.60. The summed E-state index contributed by atoms with van der Waals surface area (Å²) in [6.45, 7) is 2.14. The maximum atomic E-state index is 3.51. The first-order chi connectivity index (χ1) is 4.77. The van der Waals surface area contributed by atoms with Crippen molar-refractivity contribution in [1.29, 1.82) is 0 Å². The maximum Gasteiger partial charge on any atom is 0.0536 e. The standard InChI is InChI=1S/C8H7BrS/c1-5-2-6-7(9)4-10-8(6)3-5/h2-4,8H,1H3. The Morgan fingerprint density at radius 3 is 3.10 bits per heavy atom. The molecule has 1 unspecified atom stereocenters. The van der Waals surface area contributed by atoms with Gasteiger partial charge in [-0.25, -0.2) is 0 Å². The van der Waals surface area contributed by atoms with Gasteiger partial charge in [-0.1, -0.05) is 17.7 Å². The molecule has 0 N–H and O–H groups in total. The smallest absolute Gasteiger partial charge is 0.0536 e. The van der Waals surface area contributed by atoms with Crippen LogP contribution in [0, 0.1) is 0 Å². The third-order valence-corrected chi connectivity index (χ3v) is 3.74. The van der Waals surface area contributed by atoms with Crippen molar-refractivity contribution in [3.05, 3.63) is 33.2 Å².